The molecular weight excluding hydrogens is 763 g/mol. The van der Waals surface area contributed by atoms with Crippen molar-refractivity contribution in [3.63, 3.8) is 0 Å². The number of H-pyrrole nitrogens is 2. The number of aromatic amines is 2. The first-order valence-electron chi connectivity index (χ1n) is 22.3. The number of anilines is 1. The summed E-state index contributed by atoms with van der Waals surface area (Å²) in [5.74, 6) is 1.07. The minimum Gasteiger partial charge on any atom is -0.507 e. The van der Waals surface area contributed by atoms with Crippen molar-refractivity contribution >= 4 is 29.5 Å². The number of hydrogen-bond donors (Lipinski definition) is 6. The molecule has 1 fully saturated rings. The van der Waals surface area contributed by atoms with Crippen LogP contribution in [0.25, 0.3) is 12.2 Å². The molecule has 9 rings (SSSR count). The quantitative estimate of drug-likeness (QED) is 0.0897. The van der Waals surface area contributed by atoms with E-state index in [4.69, 9.17) is 4.74 Å². The Morgan fingerprint density at radius 3 is 2.51 bits per heavy atom. The maximum atomic E-state index is 14.8. The number of fused-ring (bicyclic) bond motifs is 8. The molecule has 1 aliphatic heterocycles. The number of Topliss-reactive ketones (excluding diaryl/α,β-unsaturated/α-hetero) is 2. The lowest BCUT2D eigenvalue weighted by Gasteiger charge is -2.34. The highest BCUT2D eigenvalue weighted by Crippen LogP contribution is 2.45. The molecule has 0 spiro atoms. The Kier molecular flexibility index (Phi) is 12.0. The molecule has 9 heteroatoms. The molecule has 6 N–H and O–H groups in total. The number of hydrogen-bond acceptors (Lipinski definition) is 7. The third kappa shape index (κ3) is 8.99. The van der Waals surface area contributed by atoms with Crippen molar-refractivity contribution < 1.29 is 29.6 Å². The van der Waals surface area contributed by atoms with Gasteiger partial charge in [0, 0.05) is 73.5 Å². The summed E-state index contributed by atoms with van der Waals surface area (Å²) in [6.45, 7) is 0.525. The number of nitrogens with one attached hydrogen (secondary N) is 3. The molecule has 0 amide bonds. The molecule has 0 radical (unpaired) electrons. The molecule has 5 aromatic rings. The Labute approximate surface area is 358 Å². The fraction of sp³-hybridized carbons (Fsp3) is 0.385. The van der Waals surface area contributed by atoms with Gasteiger partial charge in [0.15, 0.2) is 11.5 Å². The van der Waals surface area contributed by atoms with Crippen molar-refractivity contribution in [2.75, 3.05) is 18.5 Å². The van der Waals surface area contributed by atoms with Gasteiger partial charge < -0.3 is 35.3 Å². The van der Waals surface area contributed by atoms with Crippen LogP contribution in [0, 0.1) is 11.8 Å². The summed E-state index contributed by atoms with van der Waals surface area (Å²) in [5.41, 5.74) is 11.1. The lowest BCUT2D eigenvalue weighted by Crippen LogP contribution is -2.32. The average Bonchev–Trinajstić information content (AvgIpc) is 4.02. The Morgan fingerprint density at radius 2 is 1.64 bits per heavy atom. The second kappa shape index (κ2) is 18.0. The largest absolute Gasteiger partial charge is 0.507 e. The standard InChI is InChI=1S/C52H57N3O6/c56-22-4-6-35-14-11-33-23-38(35)28-37-18-20-54-52(37)55-31-40-29-46-44(19-21-53-46)45(26-32-10-15-36-5-3-9-47(58)43(36)17-13-32)50(40)48(59)30-41(57)16-12-34-25-39(24-33)51(60)49(27-34)61-42-7-1-2-8-42/h3,5,9,11,13-14,17-21,23,25,27,29,32,42,45,50,53-56,58,60H,1-2,4,6-8,10,12,15-16,22,24,26,28,30-31H2/t32-,45+,50+/m0/s1. The molecule has 0 unspecified atom stereocenters. The fourth-order valence-electron chi connectivity index (χ4n) is 10.4. The molecule has 3 heterocycles. The average molecular weight is 820 g/mol. The van der Waals surface area contributed by atoms with Gasteiger partial charge in [0.25, 0.3) is 0 Å². The van der Waals surface area contributed by atoms with E-state index < -0.39 is 5.92 Å². The molecule has 3 aromatic carbocycles. The number of phenolic OH excluding ortho intramolecular Hbond substituents is 2. The third-order valence-corrected chi connectivity index (χ3v) is 13.6. The van der Waals surface area contributed by atoms with E-state index in [0.29, 0.717) is 38.0 Å². The van der Waals surface area contributed by atoms with Gasteiger partial charge in [0.1, 0.15) is 23.1 Å². The van der Waals surface area contributed by atoms with Crippen LogP contribution in [0.1, 0.15) is 119 Å². The van der Waals surface area contributed by atoms with Crippen LogP contribution in [-0.4, -0.2) is 56.1 Å². The number of phenols is 2. The number of aliphatic hydroxyl groups excluding tert-OH is 1. The molecule has 316 valence electrons. The smallest absolute Gasteiger partial charge is 0.161 e. The predicted octanol–water partition coefficient (Wildman–Crippen LogP) is 9.53. The molecular formula is C52H57N3O6. The predicted molar refractivity (Wildman–Crippen MR) is 239 cm³/mol. The van der Waals surface area contributed by atoms with E-state index in [0.717, 1.165) is 113 Å². The summed E-state index contributed by atoms with van der Waals surface area (Å²) in [6, 6.07) is 20.3. The van der Waals surface area contributed by atoms with E-state index in [-0.39, 0.29) is 60.5 Å². The monoisotopic (exact) mass is 819 g/mol. The van der Waals surface area contributed by atoms with Gasteiger partial charge in [0.2, 0.25) is 0 Å². The minimum absolute atomic E-state index is 0.0477. The number of aliphatic hydroxyl groups is 1. The number of rotatable bonds is 7. The van der Waals surface area contributed by atoms with Gasteiger partial charge in [-0.2, -0.15) is 0 Å². The first-order chi connectivity index (χ1) is 29.8. The van der Waals surface area contributed by atoms with E-state index in [1.165, 1.54) is 5.56 Å². The van der Waals surface area contributed by atoms with Gasteiger partial charge in [-0.25, -0.2) is 0 Å². The highest BCUT2D eigenvalue weighted by atomic mass is 16.5. The second-order valence-corrected chi connectivity index (χ2v) is 17.7. The molecule has 2 aromatic heterocycles. The van der Waals surface area contributed by atoms with Crippen molar-refractivity contribution in [1.82, 2.24) is 9.97 Å². The molecule has 1 saturated carbocycles. The fourth-order valence-corrected chi connectivity index (χ4v) is 10.4. The van der Waals surface area contributed by atoms with Crippen LogP contribution in [0.2, 0.25) is 0 Å². The van der Waals surface area contributed by atoms with Crippen LogP contribution in [0.3, 0.4) is 0 Å². The Balaban J connectivity index is 1.08. The first-order valence-corrected chi connectivity index (χ1v) is 22.3. The summed E-state index contributed by atoms with van der Waals surface area (Å²) < 4.78 is 6.44. The molecule has 9 nitrogen and oxygen atoms in total. The van der Waals surface area contributed by atoms with Gasteiger partial charge in [-0.1, -0.05) is 48.6 Å². The number of ketones is 2. The zero-order chi connectivity index (χ0) is 41.9. The van der Waals surface area contributed by atoms with Crippen LogP contribution in [-0.2, 0) is 41.7 Å². The van der Waals surface area contributed by atoms with E-state index in [2.05, 4.69) is 63.8 Å². The van der Waals surface area contributed by atoms with Crippen molar-refractivity contribution in [3.8, 4) is 17.2 Å². The second-order valence-electron chi connectivity index (χ2n) is 17.7. The Morgan fingerprint density at radius 1 is 0.787 bits per heavy atom. The summed E-state index contributed by atoms with van der Waals surface area (Å²) in [4.78, 5) is 35.7. The van der Waals surface area contributed by atoms with Gasteiger partial charge in [-0.05, 0) is 145 Å². The van der Waals surface area contributed by atoms with Crippen LogP contribution in [0.4, 0.5) is 5.82 Å². The van der Waals surface area contributed by atoms with E-state index in [1.807, 2.05) is 36.7 Å². The number of carbonyl (C=O) groups excluding carboxylic acids is 2. The summed E-state index contributed by atoms with van der Waals surface area (Å²) >= 11 is 0. The van der Waals surface area contributed by atoms with Crippen LogP contribution < -0.4 is 10.1 Å². The maximum absolute atomic E-state index is 14.8. The number of carbonyl (C=O) groups is 2. The summed E-state index contributed by atoms with van der Waals surface area (Å²) in [7, 11) is 0. The molecule has 4 bridgehead atoms. The number of ether oxygens (including phenoxy) is 1. The van der Waals surface area contributed by atoms with E-state index in [1.54, 1.807) is 6.07 Å². The van der Waals surface area contributed by atoms with Crippen molar-refractivity contribution in [3.05, 3.63) is 140 Å². The van der Waals surface area contributed by atoms with E-state index in [9.17, 15) is 24.9 Å². The third-order valence-electron chi connectivity index (χ3n) is 13.6. The van der Waals surface area contributed by atoms with Gasteiger partial charge in [0.05, 0.1) is 12.5 Å². The van der Waals surface area contributed by atoms with Crippen LogP contribution in [0.5, 0.6) is 17.2 Å². The zero-order valence-electron chi connectivity index (χ0n) is 34.8. The number of allylic oxidation sites excluding steroid dienone is 1. The number of aryl methyl sites for hydroxylation is 3. The van der Waals surface area contributed by atoms with Gasteiger partial charge in [-0.3, -0.25) is 9.59 Å². The first kappa shape index (κ1) is 40.6. The number of aromatic hydroxyl groups is 2. The molecule has 3 aliphatic carbocycles. The maximum Gasteiger partial charge on any atom is 0.161 e. The molecule has 4 aliphatic rings. The molecule has 61 heavy (non-hydrogen) atoms. The lowest BCUT2D eigenvalue weighted by molar-refractivity contribution is -0.129. The minimum atomic E-state index is -0.513. The van der Waals surface area contributed by atoms with E-state index >= 15 is 0 Å². The van der Waals surface area contributed by atoms with Crippen LogP contribution >= 0.6 is 0 Å². The Bertz CT molecular complexity index is 2470. The van der Waals surface area contributed by atoms with Crippen molar-refractivity contribution in [1.29, 1.82) is 0 Å². The van der Waals surface area contributed by atoms with Gasteiger partial charge in [-0.15, -0.1) is 0 Å². The highest BCUT2D eigenvalue weighted by molar-refractivity contribution is 6.02. The van der Waals surface area contributed by atoms with Gasteiger partial charge >= 0.3 is 0 Å². The summed E-state index contributed by atoms with van der Waals surface area (Å²) in [5, 5.41) is 35.8. The number of benzene rings is 3. The zero-order valence-corrected chi connectivity index (χ0v) is 34.8. The molecule has 0 saturated heterocycles. The topological polar surface area (TPSA) is 148 Å². The highest BCUT2D eigenvalue weighted by Gasteiger charge is 2.39. The summed E-state index contributed by atoms with van der Waals surface area (Å²) in [6.07, 6.45) is 19.8. The SMILES string of the molecule is O=C1CCc2cc(c(O)c(OC3CCCC3)c2)Cc2ccc(CCCO)c(c2)Cc2cc[nH]c2NCC2=Cc3[nH]ccc3[C@@H](C[C@@H]3C=Cc4c(O)cccc4CC3)[C@@H]2C(=O)C1. The number of aromatic nitrogens is 2. The van der Waals surface area contributed by atoms with Crippen molar-refractivity contribution in [2.24, 2.45) is 11.8 Å². The van der Waals surface area contributed by atoms with Crippen molar-refractivity contribution in [2.45, 2.75) is 102 Å². The van der Waals surface area contributed by atoms with Crippen LogP contribution in [0.15, 0.2) is 84.7 Å². The Hall–Kier alpha value is -5.80. The lowest BCUT2D eigenvalue weighted by atomic mass is 9.69. The normalized spacial score (nSPS) is 20.8. The molecule has 3 atom stereocenters.